The topological polar surface area (TPSA) is 29.3 Å². The zero-order chi connectivity index (χ0) is 12.8. The maximum Gasteiger partial charge on any atom is 0.0316 e. The third kappa shape index (κ3) is 4.78. The van der Waals surface area contributed by atoms with E-state index in [1.54, 1.807) is 0 Å². The van der Waals surface area contributed by atoms with E-state index in [4.69, 9.17) is 5.73 Å². The van der Waals surface area contributed by atoms with E-state index in [2.05, 4.69) is 44.9 Å². The third-order valence-electron chi connectivity index (χ3n) is 3.59. The molecule has 1 rings (SSSR count). The molecule has 0 saturated carbocycles. The summed E-state index contributed by atoms with van der Waals surface area (Å²) in [5.41, 5.74) is 7.98. The summed E-state index contributed by atoms with van der Waals surface area (Å²) in [6.07, 6.45) is 2.30. The Balaban J connectivity index is 2.33. The first kappa shape index (κ1) is 14.0. The summed E-state index contributed by atoms with van der Waals surface area (Å²) in [6, 6.07) is 8.85. The summed E-state index contributed by atoms with van der Waals surface area (Å²) < 4.78 is 0. The number of hydrogen-bond acceptors (Lipinski definition) is 2. The van der Waals surface area contributed by atoms with Crippen LogP contribution in [0.2, 0.25) is 0 Å². The summed E-state index contributed by atoms with van der Waals surface area (Å²) >= 11 is 0. The average molecular weight is 234 g/mol. The van der Waals surface area contributed by atoms with Gasteiger partial charge in [0.2, 0.25) is 0 Å². The predicted molar refractivity (Wildman–Crippen MR) is 76.1 cm³/mol. The SMILES string of the molecule is CC(C)C(C)N(C)CCCc1cccc(N)c1. The molecule has 0 aliphatic rings. The molecule has 1 atom stereocenters. The average Bonchev–Trinajstić information content (AvgIpc) is 2.27. The van der Waals surface area contributed by atoms with Gasteiger partial charge in [0.1, 0.15) is 0 Å². The van der Waals surface area contributed by atoms with Crippen molar-refractivity contribution in [1.29, 1.82) is 0 Å². The van der Waals surface area contributed by atoms with Crippen molar-refractivity contribution in [2.45, 2.75) is 39.7 Å². The van der Waals surface area contributed by atoms with Crippen LogP contribution in [0.1, 0.15) is 32.8 Å². The lowest BCUT2D eigenvalue weighted by atomic mass is 10.0. The molecule has 0 spiro atoms. The molecule has 0 aliphatic heterocycles. The van der Waals surface area contributed by atoms with Gasteiger partial charge in [0.25, 0.3) is 0 Å². The van der Waals surface area contributed by atoms with Crippen LogP contribution in [0.4, 0.5) is 5.69 Å². The van der Waals surface area contributed by atoms with Gasteiger partial charge in [-0.2, -0.15) is 0 Å². The second kappa shape index (κ2) is 6.65. The fourth-order valence-electron chi connectivity index (χ4n) is 1.99. The molecule has 2 nitrogen and oxygen atoms in total. The minimum atomic E-state index is 0.649. The number of nitrogens with two attached hydrogens (primary N) is 1. The summed E-state index contributed by atoms with van der Waals surface area (Å²) in [7, 11) is 2.21. The molecule has 0 bridgehead atoms. The molecule has 0 fully saturated rings. The van der Waals surface area contributed by atoms with Crippen molar-refractivity contribution in [2.75, 3.05) is 19.3 Å². The van der Waals surface area contributed by atoms with Gasteiger partial charge in [-0.05, 0) is 57.0 Å². The Bertz CT molecular complexity index is 333. The Morgan fingerprint density at radius 2 is 1.94 bits per heavy atom. The van der Waals surface area contributed by atoms with E-state index in [9.17, 15) is 0 Å². The van der Waals surface area contributed by atoms with Crippen LogP contribution in [0, 0.1) is 5.92 Å². The van der Waals surface area contributed by atoms with Gasteiger partial charge in [-0.25, -0.2) is 0 Å². The number of nitrogen functional groups attached to an aromatic ring is 1. The highest BCUT2D eigenvalue weighted by molar-refractivity contribution is 5.40. The molecule has 2 N–H and O–H groups in total. The van der Waals surface area contributed by atoms with Crippen molar-refractivity contribution < 1.29 is 0 Å². The van der Waals surface area contributed by atoms with Gasteiger partial charge in [-0.15, -0.1) is 0 Å². The quantitative estimate of drug-likeness (QED) is 0.766. The van der Waals surface area contributed by atoms with E-state index in [1.165, 1.54) is 12.0 Å². The lowest BCUT2D eigenvalue weighted by Gasteiger charge is -2.27. The van der Waals surface area contributed by atoms with Crippen LogP contribution < -0.4 is 5.73 Å². The van der Waals surface area contributed by atoms with Crippen LogP contribution >= 0.6 is 0 Å². The van der Waals surface area contributed by atoms with Crippen molar-refractivity contribution >= 4 is 5.69 Å². The minimum absolute atomic E-state index is 0.649. The Labute approximate surface area is 106 Å². The summed E-state index contributed by atoms with van der Waals surface area (Å²) in [5, 5.41) is 0. The predicted octanol–water partition coefficient (Wildman–Crippen LogP) is 3.18. The molecule has 0 aromatic heterocycles. The van der Waals surface area contributed by atoms with E-state index in [1.807, 2.05) is 12.1 Å². The normalized spacial score (nSPS) is 13.3. The van der Waals surface area contributed by atoms with Crippen molar-refractivity contribution in [3.05, 3.63) is 29.8 Å². The van der Waals surface area contributed by atoms with E-state index >= 15 is 0 Å². The fourth-order valence-corrected chi connectivity index (χ4v) is 1.99. The second-order valence-corrected chi connectivity index (χ2v) is 5.31. The number of anilines is 1. The molecule has 17 heavy (non-hydrogen) atoms. The number of aryl methyl sites for hydroxylation is 1. The molecule has 1 aromatic carbocycles. The van der Waals surface area contributed by atoms with Crippen LogP contribution in [-0.4, -0.2) is 24.5 Å². The Morgan fingerprint density at radius 1 is 1.24 bits per heavy atom. The molecule has 0 aliphatic carbocycles. The summed E-state index contributed by atoms with van der Waals surface area (Å²) in [6.45, 7) is 8.00. The molecule has 0 heterocycles. The van der Waals surface area contributed by atoms with Crippen molar-refractivity contribution in [1.82, 2.24) is 4.90 Å². The smallest absolute Gasteiger partial charge is 0.0316 e. The second-order valence-electron chi connectivity index (χ2n) is 5.31. The number of nitrogens with zero attached hydrogens (tertiary/aromatic N) is 1. The first-order valence-electron chi connectivity index (χ1n) is 6.55. The number of benzene rings is 1. The van der Waals surface area contributed by atoms with Crippen LogP contribution in [-0.2, 0) is 6.42 Å². The van der Waals surface area contributed by atoms with Gasteiger partial charge in [0.15, 0.2) is 0 Å². The molecule has 0 saturated heterocycles. The molecular weight excluding hydrogens is 208 g/mol. The van der Waals surface area contributed by atoms with Gasteiger partial charge in [-0.3, -0.25) is 0 Å². The molecule has 1 unspecified atom stereocenters. The van der Waals surface area contributed by atoms with Gasteiger partial charge in [-0.1, -0.05) is 26.0 Å². The minimum Gasteiger partial charge on any atom is -0.399 e. The van der Waals surface area contributed by atoms with Gasteiger partial charge in [0, 0.05) is 11.7 Å². The van der Waals surface area contributed by atoms with Crippen LogP contribution in [0.25, 0.3) is 0 Å². The zero-order valence-corrected chi connectivity index (χ0v) is 11.6. The van der Waals surface area contributed by atoms with Gasteiger partial charge < -0.3 is 10.6 Å². The van der Waals surface area contributed by atoms with Crippen molar-refractivity contribution in [3.63, 3.8) is 0 Å². The lowest BCUT2D eigenvalue weighted by molar-refractivity contribution is 0.206. The Morgan fingerprint density at radius 3 is 2.53 bits per heavy atom. The van der Waals surface area contributed by atoms with E-state index < -0.39 is 0 Å². The van der Waals surface area contributed by atoms with E-state index in [0.29, 0.717) is 12.0 Å². The molecule has 0 amide bonds. The number of hydrogen-bond donors (Lipinski definition) is 1. The highest BCUT2D eigenvalue weighted by atomic mass is 15.1. The zero-order valence-electron chi connectivity index (χ0n) is 11.6. The lowest BCUT2D eigenvalue weighted by Crippen LogP contribution is -2.34. The maximum absolute atomic E-state index is 5.77. The molecule has 1 aromatic rings. The van der Waals surface area contributed by atoms with Crippen LogP contribution in [0.5, 0.6) is 0 Å². The fraction of sp³-hybridized carbons (Fsp3) is 0.600. The molecule has 0 radical (unpaired) electrons. The summed E-state index contributed by atoms with van der Waals surface area (Å²) in [5.74, 6) is 0.715. The van der Waals surface area contributed by atoms with Gasteiger partial charge >= 0.3 is 0 Å². The monoisotopic (exact) mass is 234 g/mol. The Hall–Kier alpha value is -1.02. The van der Waals surface area contributed by atoms with Crippen LogP contribution in [0.3, 0.4) is 0 Å². The van der Waals surface area contributed by atoms with E-state index in [-0.39, 0.29) is 0 Å². The van der Waals surface area contributed by atoms with Crippen molar-refractivity contribution in [2.24, 2.45) is 5.92 Å². The molecule has 96 valence electrons. The standard InChI is InChI=1S/C15H26N2/c1-12(2)13(3)17(4)10-6-8-14-7-5-9-15(16)11-14/h5,7,9,11-13H,6,8,10,16H2,1-4H3. The largest absolute Gasteiger partial charge is 0.399 e. The molecular formula is C15H26N2. The van der Waals surface area contributed by atoms with Gasteiger partial charge in [0.05, 0.1) is 0 Å². The number of rotatable bonds is 6. The van der Waals surface area contributed by atoms with Crippen LogP contribution in [0.15, 0.2) is 24.3 Å². The highest BCUT2D eigenvalue weighted by Crippen LogP contribution is 2.11. The summed E-state index contributed by atoms with van der Waals surface area (Å²) in [4.78, 5) is 2.44. The first-order valence-corrected chi connectivity index (χ1v) is 6.55. The Kier molecular flexibility index (Phi) is 5.49. The highest BCUT2D eigenvalue weighted by Gasteiger charge is 2.12. The molecule has 2 heteroatoms. The van der Waals surface area contributed by atoms with E-state index in [0.717, 1.165) is 18.7 Å². The maximum atomic E-state index is 5.77. The van der Waals surface area contributed by atoms with Crippen molar-refractivity contribution in [3.8, 4) is 0 Å². The third-order valence-corrected chi connectivity index (χ3v) is 3.59. The first-order chi connectivity index (χ1) is 8.00.